The van der Waals surface area contributed by atoms with Gasteiger partial charge in [-0.25, -0.2) is 0 Å². The highest BCUT2D eigenvalue weighted by Gasteiger charge is 2.15. The minimum absolute atomic E-state index is 0.0353. The Hall–Kier alpha value is -1.51. The van der Waals surface area contributed by atoms with E-state index in [-0.39, 0.29) is 12.1 Å². The van der Waals surface area contributed by atoms with Gasteiger partial charge in [-0.1, -0.05) is 126 Å². The predicted molar refractivity (Wildman–Crippen MR) is 129 cm³/mol. The lowest BCUT2D eigenvalue weighted by molar-refractivity contribution is 0.0234. The summed E-state index contributed by atoms with van der Waals surface area (Å²) in [6.45, 7) is 4.99. The van der Waals surface area contributed by atoms with Crippen molar-refractivity contribution in [3.8, 4) is 0 Å². The molecule has 4 nitrogen and oxygen atoms in total. The van der Waals surface area contributed by atoms with Gasteiger partial charge in [0.1, 0.15) is 0 Å². The second-order valence-corrected chi connectivity index (χ2v) is 8.60. The Morgan fingerprint density at radius 3 is 1.93 bits per heavy atom. The minimum Gasteiger partial charge on any atom is -0.374 e. The largest absolute Gasteiger partial charge is 0.374 e. The van der Waals surface area contributed by atoms with E-state index in [9.17, 15) is 0 Å². The molecule has 0 heterocycles. The SMILES string of the molecule is CCCCCCCCCCCCCC[C@H](C[C@H](CC)N=[N+]=[N-])OCc1ccccc1. The van der Waals surface area contributed by atoms with E-state index in [1.807, 2.05) is 18.2 Å². The van der Waals surface area contributed by atoms with Crippen LogP contribution in [0.3, 0.4) is 0 Å². The Labute approximate surface area is 185 Å². The van der Waals surface area contributed by atoms with Crippen LogP contribution < -0.4 is 0 Å². The highest BCUT2D eigenvalue weighted by Crippen LogP contribution is 2.19. The van der Waals surface area contributed by atoms with Crippen molar-refractivity contribution < 1.29 is 4.74 Å². The third-order valence-corrected chi connectivity index (χ3v) is 5.93. The van der Waals surface area contributed by atoms with Gasteiger partial charge in [0.05, 0.1) is 12.7 Å². The lowest BCUT2D eigenvalue weighted by atomic mass is 10.0. The summed E-state index contributed by atoms with van der Waals surface area (Å²) in [6.07, 6.45) is 19.3. The first-order valence-corrected chi connectivity index (χ1v) is 12.5. The van der Waals surface area contributed by atoms with Gasteiger partial charge in [0.2, 0.25) is 0 Å². The van der Waals surface area contributed by atoms with Crippen molar-refractivity contribution in [2.45, 2.75) is 129 Å². The van der Waals surface area contributed by atoms with Crippen LogP contribution in [0.25, 0.3) is 10.4 Å². The van der Waals surface area contributed by atoms with Crippen LogP contribution in [0.1, 0.15) is 116 Å². The maximum atomic E-state index is 8.79. The molecular formula is C26H45N3O. The van der Waals surface area contributed by atoms with Crippen LogP contribution in [0.4, 0.5) is 0 Å². The fourth-order valence-electron chi connectivity index (χ4n) is 3.94. The zero-order valence-corrected chi connectivity index (χ0v) is 19.6. The topological polar surface area (TPSA) is 58.0 Å². The Morgan fingerprint density at radius 2 is 1.40 bits per heavy atom. The normalized spacial score (nSPS) is 13.0. The van der Waals surface area contributed by atoms with Gasteiger partial charge in [-0.15, -0.1) is 0 Å². The third-order valence-electron chi connectivity index (χ3n) is 5.93. The maximum Gasteiger partial charge on any atom is 0.0720 e. The van der Waals surface area contributed by atoms with Crippen molar-refractivity contribution >= 4 is 0 Å². The van der Waals surface area contributed by atoms with Gasteiger partial charge in [-0.3, -0.25) is 0 Å². The Morgan fingerprint density at radius 1 is 0.833 bits per heavy atom. The molecule has 0 saturated carbocycles. The zero-order valence-electron chi connectivity index (χ0n) is 19.6. The van der Waals surface area contributed by atoms with Gasteiger partial charge in [0, 0.05) is 11.0 Å². The molecule has 0 bridgehead atoms. The van der Waals surface area contributed by atoms with E-state index in [0.717, 1.165) is 19.3 Å². The molecule has 0 fully saturated rings. The van der Waals surface area contributed by atoms with E-state index >= 15 is 0 Å². The number of hydrogen-bond acceptors (Lipinski definition) is 2. The Balaban J connectivity index is 2.19. The van der Waals surface area contributed by atoms with Gasteiger partial charge in [-0.2, -0.15) is 0 Å². The van der Waals surface area contributed by atoms with Gasteiger partial charge < -0.3 is 4.74 Å². The molecule has 2 atom stereocenters. The molecule has 0 aliphatic heterocycles. The van der Waals surface area contributed by atoms with Gasteiger partial charge in [-0.05, 0) is 30.4 Å². The summed E-state index contributed by atoms with van der Waals surface area (Å²) in [6, 6.07) is 10.4. The van der Waals surface area contributed by atoms with Crippen molar-refractivity contribution in [2.24, 2.45) is 5.11 Å². The number of hydrogen-bond donors (Lipinski definition) is 0. The predicted octanol–water partition coefficient (Wildman–Crippen LogP) is 9.14. The summed E-state index contributed by atoms with van der Waals surface area (Å²) in [5.74, 6) is 0. The third kappa shape index (κ3) is 14.5. The summed E-state index contributed by atoms with van der Waals surface area (Å²) >= 11 is 0. The molecule has 4 heteroatoms. The molecule has 0 aromatic heterocycles. The van der Waals surface area contributed by atoms with E-state index in [2.05, 4.69) is 36.0 Å². The van der Waals surface area contributed by atoms with Gasteiger partial charge in [0.15, 0.2) is 0 Å². The van der Waals surface area contributed by atoms with Crippen LogP contribution in [0.2, 0.25) is 0 Å². The molecule has 0 N–H and O–H groups in total. The Bertz CT molecular complexity index is 542. The molecule has 0 radical (unpaired) electrons. The minimum atomic E-state index is 0.0353. The first-order chi connectivity index (χ1) is 14.8. The van der Waals surface area contributed by atoms with Crippen molar-refractivity contribution in [1.29, 1.82) is 0 Å². The van der Waals surface area contributed by atoms with Crippen LogP contribution in [0.5, 0.6) is 0 Å². The standard InChI is InChI=1S/C26H45N3O/c1-3-5-6-7-8-9-10-11-12-13-14-18-21-26(22-25(4-2)28-29-27)30-23-24-19-16-15-17-20-24/h15-17,19-20,25-26H,3-14,18,21-23H2,1-2H3/t25-,26+/m0/s1. The monoisotopic (exact) mass is 415 g/mol. The summed E-state index contributed by atoms with van der Waals surface area (Å²) in [5.41, 5.74) is 10.00. The molecule has 0 aliphatic carbocycles. The van der Waals surface area contributed by atoms with E-state index in [0.29, 0.717) is 6.61 Å². The number of rotatable bonds is 20. The fourth-order valence-corrected chi connectivity index (χ4v) is 3.94. The quantitative estimate of drug-likeness (QED) is 0.0906. The van der Waals surface area contributed by atoms with Crippen molar-refractivity contribution in [2.75, 3.05) is 0 Å². The number of benzene rings is 1. The summed E-state index contributed by atoms with van der Waals surface area (Å²) in [7, 11) is 0. The second-order valence-electron chi connectivity index (χ2n) is 8.60. The van der Waals surface area contributed by atoms with Crippen LogP contribution >= 0.6 is 0 Å². The molecule has 30 heavy (non-hydrogen) atoms. The maximum absolute atomic E-state index is 8.79. The highest BCUT2D eigenvalue weighted by molar-refractivity contribution is 5.13. The van der Waals surface area contributed by atoms with E-state index in [1.165, 1.54) is 82.6 Å². The molecule has 170 valence electrons. The molecule has 1 aromatic carbocycles. The molecule has 0 saturated heterocycles. The first-order valence-electron chi connectivity index (χ1n) is 12.5. The summed E-state index contributed by atoms with van der Waals surface area (Å²) in [5, 5.41) is 3.95. The lowest BCUT2D eigenvalue weighted by Crippen LogP contribution is -2.19. The molecular weight excluding hydrogens is 370 g/mol. The smallest absolute Gasteiger partial charge is 0.0720 e. The van der Waals surface area contributed by atoms with Crippen molar-refractivity contribution in [1.82, 2.24) is 0 Å². The average molecular weight is 416 g/mol. The van der Waals surface area contributed by atoms with Gasteiger partial charge in [0.25, 0.3) is 0 Å². The number of azide groups is 1. The van der Waals surface area contributed by atoms with E-state index in [1.54, 1.807) is 0 Å². The Kier molecular flexibility index (Phi) is 17.2. The second kappa shape index (κ2) is 19.5. The van der Waals surface area contributed by atoms with Gasteiger partial charge >= 0.3 is 0 Å². The highest BCUT2D eigenvalue weighted by atomic mass is 16.5. The van der Waals surface area contributed by atoms with E-state index < -0.39 is 0 Å². The number of ether oxygens (including phenoxy) is 1. The number of nitrogens with zero attached hydrogens (tertiary/aromatic N) is 3. The lowest BCUT2D eigenvalue weighted by Gasteiger charge is -2.21. The molecule has 0 amide bonds. The summed E-state index contributed by atoms with van der Waals surface area (Å²) < 4.78 is 6.22. The van der Waals surface area contributed by atoms with Crippen LogP contribution in [0.15, 0.2) is 35.4 Å². The fraction of sp³-hybridized carbons (Fsp3) is 0.769. The summed E-state index contributed by atoms with van der Waals surface area (Å²) in [4.78, 5) is 3.01. The first kappa shape index (κ1) is 26.5. The number of unbranched alkanes of at least 4 members (excludes halogenated alkanes) is 11. The van der Waals surface area contributed by atoms with Crippen molar-refractivity contribution in [3.63, 3.8) is 0 Å². The van der Waals surface area contributed by atoms with Crippen molar-refractivity contribution in [3.05, 3.63) is 46.3 Å². The van der Waals surface area contributed by atoms with E-state index in [4.69, 9.17) is 10.3 Å². The molecule has 0 unspecified atom stereocenters. The average Bonchev–Trinajstić information content (AvgIpc) is 2.78. The van der Waals surface area contributed by atoms with Crippen LogP contribution in [-0.4, -0.2) is 12.1 Å². The molecule has 0 aliphatic rings. The molecule has 0 spiro atoms. The van der Waals surface area contributed by atoms with Crippen LogP contribution in [0, 0.1) is 0 Å². The van der Waals surface area contributed by atoms with Crippen LogP contribution in [-0.2, 0) is 11.3 Å². The molecule has 1 rings (SSSR count). The zero-order chi connectivity index (χ0) is 21.7. The molecule has 1 aromatic rings.